The molecule has 0 radical (unpaired) electrons. The number of hydrogen-bond donors (Lipinski definition) is 2. The maximum absolute atomic E-state index is 12.7. The summed E-state index contributed by atoms with van der Waals surface area (Å²) in [4.78, 5) is 28.0. The van der Waals surface area contributed by atoms with Crippen molar-refractivity contribution in [1.29, 1.82) is 0 Å². The van der Waals surface area contributed by atoms with Crippen LogP contribution in [0.2, 0.25) is 0 Å². The number of aromatic nitrogens is 2. The van der Waals surface area contributed by atoms with Crippen LogP contribution in [0.15, 0.2) is 34.9 Å². The molecule has 1 aromatic carbocycles. The largest absolute Gasteiger partial charge is 0.478 e. The van der Waals surface area contributed by atoms with Crippen molar-refractivity contribution in [2.45, 2.75) is 33.1 Å². The van der Waals surface area contributed by atoms with E-state index in [0.717, 1.165) is 11.3 Å². The second-order valence-corrected chi connectivity index (χ2v) is 6.71. The first-order valence-corrected chi connectivity index (χ1v) is 8.74. The second-order valence-electron chi connectivity index (χ2n) is 6.71. The number of amides is 1. The topological polar surface area (TPSA) is 105 Å². The van der Waals surface area contributed by atoms with Gasteiger partial charge in [0.25, 0.3) is 11.6 Å². The van der Waals surface area contributed by atoms with Gasteiger partial charge in [0.1, 0.15) is 0 Å². The van der Waals surface area contributed by atoms with Crippen molar-refractivity contribution < 1.29 is 19.2 Å². The molecule has 2 N–H and O–H groups in total. The van der Waals surface area contributed by atoms with Gasteiger partial charge in [-0.1, -0.05) is 31.1 Å². The number of rotatable bonds is 6. The number of benzene rings is 1. The van der Waals surface area contributed by atoms with Gasteiger partial charge in [-0.25, -0.2) is 9.78 Å². The van der Waals surface area contributed by atoms with E-state index in [9.17, 15) is 9.59 Å². The third-order valence-corrected chi connectivity index (χ3v) is 4.37. The molecule has 1 amide bonds. The van der Waals surface area contributed by atoms with E-state index in [1.807, 2.05) is 13.8 Å². The van der Waals surface area contributed by atoms with Crippen molar-refractivity contribution in [2.24, 2.45) is 0 Å². The highest BCUT2D eigenvalue weighted by atomic mass is 16.5. The molecule has 0 saturated carbocycles. The molecule has 7 nitrogen and oxygen atoms in total. The summed E-state index contributed by atoms with van der Waals surface area (Å²) < 4.78 is 5.25. The summed E-state index contributed by atoms with van der Waals surface area (Å²) in [6.07, 6.45) is 0.597. The first-order valence-electron chi connectivity index (χ1n) is 8.74. The molecule has 140 valence electrons. The summed E-state index contributed by atoms with van der Waals surface area (Å²) in [6.45, 7) is 6.21. The van der Waals surface area contributed by atoms with E-state index >= 15 is 0 Å². The van der Waals surface area contributed by atoms with Crippen LogP contribution in [0.1, 0.15) is 57.4 Å². The van der Waals surface area contributed by atoms with Gasteiger partial charge in [-0.3, -0.25) is 4.79 Å². The van der Waals surface area contributed by atoms with Crippen LogP contribution < -0.4 is 5.32 Å². The lowest BCUT2D eigenvalue weighted by molar-refractivity contribution is 0.0696. The van der Waals surface area contributed by atoms with E-state index in [-0.39, 0.29) is 17.4 Å². The van der Waals surface area contributed by atoms with Gasteiger partial charge < -0.3 is 14.9 Å². The molecular formula is C20H21N3O4. The highest BCUT2D eigenvalue weighted by molar-refractivity contribution is 6.06. The minimum absolute atomic E-state index is 0.152. The Morgan fingerprint density at radius 1 is 1.22 bits per heavy atom. The molecule has 0 aliphatic heterocycles. The van der Waals surface area contributed by atoms with E-state index in [1.54, 1.807) is 37.3 Å². The predicted molar refractivity (Wildman–Crippen MR) is 100 cm³/mol. The molecule has 0 aliphatic rings. The van der Waals surface area contributed by atoms with Crippen molar-refractivity contribution in [2.75, 3.05) is 6.54 Å². The SMILES string of the molecule is Cc1noc2nc(C(C)C)cc(C(=O)NCCc3ccc(C(=O)O)cc3)c12. The number of nitrogens with zero attached hydrogens (tertiary/aromatic N) is 2. The number of carboxylic acids is 1. The number of carbonyl (C=O) groups excluding carboxylic acids is 1. The lowest BCUT2D eigenvalue weighted by Crippen LogP contribution is -2.26. The van der Waals surface area contributed by atoms with Gasteiger partial charge in [0.05, 0.1) is 22.2 Å². The van der Waals surface area contributed by atoms with E-state index in [2.05, 4.69) is 15.5 Å². The van der Waals surface area contributed by atoms with Crippen molar-refractivity contribution in [3.05, 3.63) is 58.4 Å². The molecule has 0 aliphatic carbocycles. The standard InChI is InChI=1S/C20H21N3O4/c1-11(2)16-10-15(17-12(3)23-27-19(17)22-16)18(24)21-9-8-13-4-6-14(7-5-13)20(25)26/h4-7,10-11H,8-9H2,1-3H3,(H,21,24)(H,25,26). The molecule has 27 heavy (non-hydrogen) atoms. The van der Waals surface area contributed by atoms with Gasteiger partial charge in [0.15, 0.2) is 0 Å². The second kappa shape index (κ2) is 7.57. The Bertz CT molecular complexity index is 990. The average Bonchev–Trinajstić information content (AvgIpc) is 3.02. The molecule has 0 spiro atoms. The summed E-state index contributed by atoms with van der Waals surface area (Å²) in [5.41, 5.74) is 3.46. The summed E-state index contributed by atoms with van der Waals surface area (Å²) in [6, 6.07) is 8.40. The molecule has 0 bridgehead atoms. The number of carbonyl (C=O) groups is 2. The Kier molecular flexibility index (Phi) is 5.21. The molecule has 3 rings (SSSR count). The van der Waals surface area contributed by atoms with Gasteiger partial charge >= 0.3 is 5.97 Å². The smallest absolute Gasteiger partial charge is 0.335 e. The van der Waals surface area contributed by atoms with Crippen LogP contribution in [0, 0.1) is 6.92 Å². The molecule has 0 unspecified atom stereocenters. The van der Waals surface area contributed by atoms with Crippen LogP contribution in [0.25, 0.3) is 11.1 Å². The molecular weight excluding hydrogens is 346 g/mol. The van der Waals surface area contributed by atoms with Crippen LogP contribution in [-0.2, 0) is 6.42 Å². The fraction of sp³-hybridized carbons (Fsp3) is 0.300. The van der Waals surface area contributed by atoms with E-state index in [4.69, 9.17) is 9.63 Å². The third-order valence-electron chi connectivity index (χ3n) is 4.37. The molecule has 2 aromatic heterocycles. The van der Waals surface area contributed by atoms with E-state index < -0.39 is 5.97 Å². The maximum Gasteiger partial charge on any atom is 0.335 e. The predicted octanol–water partition coefficient (Wildman–Crippen LogP) is 3.33. The van der Waals surface area contributed by atoms with Crippen LogP contribution >= 0.6 is 0 Å². The zero-order valence-electron chi connectivity index (χ0n) is 15.4. The Morgan fingerprint density at radius 3 is 2.56 bits per heavy atom. The Balaban J connectivity index is 1.74. The number of aryl methyl sites for hydroxylation is 1. The van der Waals surface area contributed by atoms with Gasteiger partial charge in [-0.15, -0.1) is 0 Å². The highest BCUT2D eigenvalue weighted by Crippen LogP contribution is 2.25. The molecule has 0 atom stereocenters. The maximum atomic E-state index is 12.7. The van der Waals surface area contributed by atoms with E-state index in [1.165, 1.54) is 0 Å². The Morgan fingerprint density at radius 2 is 1.93 bits per heavy atom. The van der Waals surface area contributed by atoms with Gasteiger partial charge in [-0.2, -0.15) is 0 Å². The average molecular weight is 367 g/mol. The summed E-state index contributed by atoms with van der Waals surface area (Å²) in [5.74, 6) is -1.02. The first kappa shape index (κ1) is 18.6. The molecule has 2 heterocycles. The monoisotopic (exact) mass is 367 g/mol. The van der Waals surface area contributed by atoms with Crippen molar-refractivity contribution >= 4 is 23.0 Å². The number of carboxylic acid groups (broad SMARTS) is 1. The summed E-state index contributed by atoms with van der Waals surface area (Å²) in [5, 5.41) is 16.4. The van der Waals surface area contributed by atoms with E-state index in [0.29, 0.717) is 35.3 Å². The summed E-state index contributed by atoms with van der Waals surface area (Å²) in [7, 11) is 0. The quantitative estimate of drug-likeness (QED) is 0.692. The molecule has 0 fully saturated rings. The zero-order valence-corrected chi connectivity index (χ0v) is 15.4. The zero-order chi connectivity index (χ0) is 19.6. The number of hydrogen-bond acceptors (Lipinski definition) is 5. The lowest BCUT2D eigenvalue weighted by atomic mass is 10.0. The minimum atomic E-state index is -0.957. The van der Waals surface area contributed by atoms with Crippen molar-refractivity contribution in [3.8, 4) is 0 Å². The fourth-order valence-electron chi connectivity index (χ4n) is 2.82. The van der Waals surface area contributed by atoms with Crippen LogP contribution in [-0.4, -0.2) is 33.7 Å². The number of pyridine rings is 1. The number of nitrogens with one attached hydrogen (secondary N) is 1. The first-order chi connectivity index (χ1) is 12.9. The van der Waals surface area contributed by atoms with Gasteiger partial charge in [0, 0.05) is 12.2 Å². The number of aromatic carboxylic acids is 1. The normalized spacial score (nSPS) is 11.1. The molecule has 7 heteroatoms. The van der Waals surface area contributed by atoms with Crippen LogP contribution in [0.3, 0.4) is 0 Å². The van der Waals surface area contributed by atoms with Crippen LogP contribution in [0.4, 0.5) is 0 Å². The fourth-order valence-corrected chi connectivity index (χ4v) is 2.82. The molecule has 0 saturated heterocycles. The van der Waals surface area contributed by atoms with Gasteiger partial charge in [0.2, 0.25) is 0 Å². The van der Waals surface area contributed by atoms with Crippen molar-refractivity contribution in [3.63, 3.8) is 0 Å². The number of fused-ring (bicyclic) bond motifs is 1. The summed E-state index contributed by atoms with van der Waals surface area (Å²) >= 11 is 0. The highest BCUT2D eigenvalue weighted by Gasteiger charge is 2.19. The minimum Gasteiger partial charge on any atom is -0.478 e. The lowest BCUT2D eigenvalue weighted by Gasteiger charge is -2.10. The van der Waals surface area contributed by atoms with Crippen LogP contribution in [0.5, 0.6) is 0 Å². The molecule has 3 aromatic rings. The van der Waals surface area contributed by atoms with Gasteiger partial charge in [-0.05, 0) is 43.0 Å². The Labute approximate surface area is 156 Å². The third kappa shape index (κ3) is 3.97. The Hall–Kier alpha value is -3.22. The van der Waals surface area contributed by atoms with Crippen molar-refractivity contribution in [1.82, 2.24) is 15.5 Å².